The highest BCUT2D eigenvalue weighted by Gasteiger charge is 2.23. The largest absolute Gasteiger partial charge is 0.365 e. The lowest BCUT2D eigenvalue weighted by atomic mass is 10.1. The molecule has 1 aliphatic heterocycles. The summed E-state index contributed by atoms with van der Waals surface area (Å²) in [5.41, 5.74) is 0.547. The molecule has 5 nitrogen and oxygen atoms in total. The maximum Gasteiger partial charge on any atom is 0.287 e. The van der Waals surface area contributed by atoms with E-state index in [2.05, 4.69) is 22.2 Å². The lowest BCUT2D eigenvalue weighted by molar-refractivity contribution is 0.433. The zero-order chi connectivity index (χ0) is 14.7. The first-order valence-electron chi connectivity index (χ1n) is 7.31. The molecule has 0 spiro atoms. The van der Waals surface area contributed by atoms with Gasteiger partial charge < -0.3 is 10.2 Å². The summed E-state index contributed by atoms with van der Waals surface area (Å²) < 4.78 is 1.43. The molecule has 2 rings (SSSR count). The standard InChI is InChI=1S/C14H23ClN4O/c1-4-18(11-6-5-7-16-8-11)12-9-17-19(10(2)3)14(20)13(12)15/h9-11,16H,4-8H2,1-3H3. The Balaban J connectivity index is 2.35. The number of hydrogen-bond acceptors (Lipinski definition) is 4. The normalized spacial score (nSPS) is 19.4. The lowest BCUT2D eigenvalue weighted by Crippen LogP contribution is -2.46. The maximum atomic E-state index is 12.3. The molecule has 1 saturated heterocycles. The number of rotatable bonds is 4. The third kappa shape index (κ3) is 2.99. The maximum absolute atomic E-state index is 12.3. The van der Waals surface area contributed by atoms with Gasteiger partial charge in [-0.15, -0.1) is 0 Å². The minimum atomic E-state index is -0.207. The third-order valence-electron chi connectivity index (χ3n) is 3.78. The van der Waals surface area contributed by atoms with Crippen LogP contribution in [0.1, 0.15) is 39.7 Å². The summed E-state index contributed by atoms with van der Waals surface area (Å²) in [6.45, 7) is 8.74. The van der Waals surface area contributed by atoms with Crippen LogP contribution in [0.3, 0.4) is 0 Å². The van der Waals surface area contributed by atoms with Crippen molar-refractivity contribution >= 4 is 17.3 Å². The fraction of sp³-hybridized carbons (Fsp3) is 0.714. The molecular weight excluding hydrogens is 276 g/mol. The molecule has 1 atom stereocenters. The SMILES string of the molecule is CCN(c1cnn(C(C)C)c(=O)c1Cl)C1CCCNC1. The number of likely N-dealkylation sites (N-methyl/N-ethyl adjacent to an activating group) is 1. The predicted octanol–water partition coefficient (Wildman–Crippen LogP) is 2.06. The van der Waals surface area contributed by atoms with E-state index in [4.69, 9.17) is 11.6 Å². The van der Waals surface area contributed by atoms with Crippen LogP contribution in [-0.2, 0) is 0 Å². The number of hydrogen-bond donors (Lipinski definition) is 1. The Bertz CT molecular complexity index is 508. The molecule has 0 aliphatic carbocycles. The average molecular weight is 299 g/mol. The van der Waals surface area contributed by atoms with Crippen molar-refractivity contribution in [2.45, 2.75) is 45.7 Å². The minimum absolute atomic E-state index is 0.0143. The first-order valence-corrected chi connectivity index (χ1v) is 7.68. The van der Waals surface area contributed by atoms with Crippen LogP contribution in [0.4, 0.5) is 5.69 Å². The highest BCUT2D eigenvalue weighted by Crippen LogP contribution is 2.25. The number of aromatic nitrogens is 2. The number of nitrogens with zero attached hydrogens (tertiary/aromatic N) is 3. The molecule has 1 unspecified atom stereocenters. The summed E-state index contributed by atoms with van der Waals surface area (Å²) in [7, 11) is 0. The summed E-state index contributed by atoms with van der Waals surface area (Å²) in [6.07, 6.45) is 3.99. The van der Waals surface area contributed by atoms with Gasteiger partial charge in [-0.25, -0.2) is 4.68 Å². The summed E-state index contributed by atoms with van der Waals surface area (Å²) in [5.74, 6) is 0. The average Bonchev–Trinajstić information content (AvgIpc) is 2.45. The molecule has 0 radical (unpaired) electrons. The van der Waals surface area contributed by atoms with Crippen molar-refractivity contribution in [3.8, 4) is 0 Å². The Labute approximate surface area is 124 Å². The van der Waals surface area contributed by atoms with Crippen LogP contribution in [0.25, 0.3) is 0 Å². The van der Waals surface area contributed by atoms with Gasteiger partial charge in [0.1, 0.15) is 5.02 Å². The van der Waals surface area contributed by atoms with E-state index in [0.717, 1.165) is 38.2 Å². The summed E-state index contributed by atoms with van der Waals surface area (Å²) in [6, 6.07) is 0.392. The second-order valence-electron chi connectivity index (χ2n) is 5.47. The first-order chi connectivity index (χ1) is 9.56. The van der Waals surface area contributed by atoms with E-state index in [1.807, 2.05) is 13.8 Å². The summed E-state index contributed by atoms with van der Waals surface area (Å²) in [4.78, 5) is 14.4. The molecule has 20 heavy (non-hydrogen) atoms. The van der Waals surface area contributed by atoms with Crippen molar-refractivity contribution < 1.29 is 0 Å². The van der Waals surface area contributed by atoms with Gasteiger partial charge in [0.2, 0.25) is 0 Å². The van der Waals surface area contributed by atoms with Crippen LogP contribution < -0.4 is 15.8 Å². The predicted molar refractivity (Wildman–Crippen MR) is 82.8 cm³/mol. The van der Waals surface area contributed by atoms with Crippen molar-refractivity contribution in [1.29, 1.82) is 0 Å². The van der Waals surface area contributed by atoms with Crippen molar-refractivity contribution in [2.75, 3.05) is 24.5 Å². The van der Waals surface area contributed by atoms with Gasteiger partial charge in [0.05, 0.1) is 17.9 Å². The van der Waals surface area contributed by atoms with Crippen LogP contribution in [0.15, 0.2) is 11.0 Å². The Morgan fingerprint density at radius 3 is 2.90 bits per heavy atom. The molecule has 0 amide bonds. The van der Waals surface area contributed by atoms with Crippen LogP contribution in [-0.4, -0.2) is 35.5 Å². The molecule has 0 aromatic carbocycles. The molecule has 112 valence electrons. The third-order valence-corrected chi connectivity index (χ3v) is 4.13. The van der Waals surface area contributed by atoms with Gasteiger partial charge in [0.25, 0.3) is 5.56 Å². The molecule has 2 heterocycles. The van der Waals surface area contributed by atoms with E-state index in [1.165, 1.54) is 4.68 Å². The number of anilines is 1. The number of halogens is 1. The fourth-order valence-corrected chi connectivity index (χ4v) is 2.97. The monoisotopic (exact) mass is 298 g/mol. The highest BCUT2D eigenvalue weighted by molar-refractivity contribution is 6.33. The zero-order valence-corrected chi connectivity index (χ0v) is 13.2. The van der Waals surface area contributed by atoms with E-state index < -0.39 is 0 Å². The van der Waals surface area contributed by atoms with Gasteiger partial charge >= 0.3 is 0 Å². The quantitative estimate of drug-likeness (QED) is 0.924. The number of piperidine rings is 1. The first kappa shape index (κ1) is 15.3. The minimum Gasteiger partial charge on any atom is -0.365 e. The Morgan fingerprint density at radius 2 is 2.35 bits per heavy atom. The molecular formula is C14H23ClN4O. The molecule has 1 aromatic rings. The van der Waals surface area contributed by atoms with Crippen LogP contribution in [0, 0.1) is 0 Å². The Hall–Kier alpha value is -1.07. The van der Waals surface area contributed by atoms with Gasteiger partial charge in [-0.1, -0.05) is 11.6 Å². The summed E-state index contributed by atoms with van der Waals surface area (Å²) in [5, 5.41) is 7.93. The van der Waals surface area contributed by atoms with Crippen LogP contribution >= 0.6 is 11.6 Å². The zero-order valence-electron chi connectivity index (χ0n) is 12.4. The molecule has 0 saturated carbocycles. The Morgan fingerprint density at radius 1 is 1.60 bits per heavy atom. The van der Waals surface area contributed by atoms with Gasteiger partial charge in [-0.3, -0.25) is 4.79 Å². The van der Waals surface area contributed by atoms with Crippen molar-refractivity contribution in [3.05, 3.63) is 21.6 Å². The van der Waals surface area contributed by atoms with E-state index >= 15 is 0 Å². The molecule has 1 aliphatic rings. The smallest absolute Gasteiger partial charge is 0.287 e. The van der Waals surface area contributed by atoms with Crippen molar-refractivity contribution in [2.24, 2.45) is 0 Å². The fourth-order valence-electron chi connectivity index (χ4n) is 2.73. The van der Waals surface area contributed by atoms with Gasteiger partial charge in [-0.05, 0) is 40.2 Å². The van der Waals surface area contributed by atoms with Gasteiger partial charge in [0.15, 0.2) is 0 Å². The van der Waals surface area contributed by atoms with Crippen molar-refractivity contribution in [1.82, 2.24) is 15.1 Å². The van der Waals surface area contributed by atoms with Crippen LogP contribution in [0.2, 0.25) is 5.02 Å². The molecule has 6 heteroatoms. The van der Waals surface area contributed by atoms with Crippen LogP contribution in [0.5, 0.6) is 0 Å². The molecule has 1 fully saturated rings. The van der Waals surface area contributed by atoms with E-state index in [-0.39, 0.29) is 16.6 Å². The topological polar surface area (TPSA) is 50.2 Å². The molecule has 0 bridgehead atoms. The second-order valence-corrected chi connectivity index (χ2v) is 5.85. The molecule has 1 N–H and O–H groups in total. The number of nitrogens with one attached hydrogen (secondary N) is 1. The highest BCUT2D eigenvalue weighted by atomic mass is 35.5. The molecule has 1 aromatic heterocycles. The lowest BCUT2D eigenvalue weighted by Gasteiger charge is -2.35. The van der Waals surface area contributed by atoms with E-state index in [0.29, 0.717) is 6.04 Å². The van der Waals surface area contributed by atoms with E-state index in [1.54, 1.807) is 6.20 Å². The Kier molecular flexibility index (Phi) is 5.05. The van der Waals surface area contributed by atoms with Gasteiger partial charge in [0, 0.05) is 19.1 Å². The van der Waals surface area contributed by atoms with E-state index in [9.17, 15) is 4.79 Å². The van der Waals surface area contributed by atoms with Crippen molar-refractivity contribution in [3.63, 3.8) is 0 Å². The summed E-state index contributed by atoms with van der Waals surface area (Å²) >= 11 is 6.30. The second kappa shape index (κ2) is 6.59. The van der Waals surface area contributed by atoms with Gasteiger partial charge in [-0.2, -0.15) is 5.10 Å².